The van der Waals surface area contributed by atoms with Crippen LogP contribution in [-0.2, 0) is 4.79 Å². The first-order chi connectivity index (χ1) is 12.2. The van der Waals surface area contributed by atoms with Crippen LogP contribution < -0.4 is 5.32 Å². The number of aryl methyl sites for hydroxylation is 1. The SMILES string of the molecule is Cc1ccc(/C=C/C2CCN(C(=O)CN3CC4CC3CN4)CC2)cc1. The fourth-order valence-electron chi connectivity index (χ4n) is 4.38. The fraction of sp³-hybridized carbons (Fsp3) is 0.571. The number of nitrogens with one attached hydrogen (secondary N) is 1. The molecule has 1 aromatic carbocycles. The number of hydrogen-bond acceptors (Lipinski definition) is 3. The van der Waals surface area contributed by atoms with Gasteiger partial charge < -0.3 is 10.2 Å². The predicted molar refractivity (Wildman–Crippen MR) is 101 cm³/mol. The van der Waals surface area contributed by atoms with Crippen LogP contribution >= 0.6 is 0 Å². The van der Waals surface area contributed by atoms with E-state index >= 15 is 0 Å². The quantitative estimate of drug-likeness (QED) is 0.914. The molecule has 3 heterocycles. The van der Waals surface area contributed by atoms with Crippen molar-refractivity contribution in [2.45, 2.75) is 38.3 Å². The smallest absolute Gasteiger partial charge is 0.236 e. The number of amides is 1. The zero-order valence-electron chi connectivity index (χ0n) is 15.2. The lowest BCUT2D eigenvalue weighted by molar-refractivity contribution is -0.133. The van der Waals surface area contributed by atoms with Crippen molar-refractivity contribution in [3.05, 3.63) is 41.5 Å². The number of carbonyl (C=O) groups excluding carboxylic acids is 1. The maximum atomic E-state index is 12.6. The van der Waals surface area contributed by atoms with Gasteiger partial charge in [-0.15, -0.1) is 0 Å². The van der Waals surface area contributed by atoms with Gasteiger partial charge in [0.15, 0.2) is 0 Å². The summed E-state index contributed by atoms with van der Waals surface area (Å²) < 4.78 is 0. The molecule has 2 atom stereocenters. The van der Waals surface area contributed by atoms with E-state index in [2.05, 4.69) is 58.5 Å². The molecule has 3 saturated heterocycles. The van der Waals surface area contributed by atoms with Crippen LogP contribution in [0.5, 0.6) is 0 Å². The van der Waals surface area contributed by atoms with Gasteiger partial charge in [-0.05, 0) is 37.7 Å². The van der Waals surface area contributed by atoms with Gasteiger partial charge in [-0.1, -0.05) is 42.0 Å². The third-order valence-electron chi connectivity index (χ3n) is 6.04. The lowest BCUT2D eigenvalue weighted by Crippen LogP contribution is -2.49. The van der Waals surface area contributed by atoms with E-state index in [4.69, 9.17) is 0 Å². The van der Waals surface area contributed by atoms with Crippen LogP contribution in [-0.4, -0.2) is 60.5 Å². The van der Waals surface area contributed by atoms with Gasteiger partial charge in [0, 0.05) is 38.3 Å². The molecule has 25 heavy (non-hydrogen) atoms. The van der Waals surface area contributed by atoms with E-state index in [0.29, 0.717) is 30.5 Å². The van der Waals surface area contributed by atoms with Gasteiger partial charge in [-0.2, -0.15) is 0 Å². The molecule has 3 aliphatic heterocycles. The Labute approximate surface area is 150 Å². The lowest BCUT2D eigenvalue weighted by Gasteiger charge is -2.34. The monoisotopic (exact) mass is 339 g/mol. The topological polar surface area (TPSA) is 35.6 Å². The summed E-state index contributed by atoms with van der Waals surface area (Å²) in [6, 6.07) is 9.86. The molecule has 2 unspecified atom stereocenters. The summed E-state index contributed by atoms with van der Waals surface area (Å²) in [5.41, 5.74) is 2.56. The number of likely N-dealkylation sites (tertiary alicyclic amines) is 2. The zero-order valence-corrected chi connectivity index (χ0v) is 15.2. The molecule has 0 aliphatic carbocycles. The Morgan fingerprint density at radius 1 is 1.24 bits per heavy atom. The first kappa shape index (κ1) is 16.8. The fourth-order valence-corrected chi connectivity index (χ4v) is 4.38. The molecule has 1 aromatic rings. The number of benzene rings is 1. The second-order valence-corrected chi connectivity index (χ2v) is 7.91. The highest BCUT2D eigenvalue weighted by Crippen LogP contribution is 2.24. The molecule has 0 radical (unpaired) electrons. The largest absolute Gasteiger partial charge is 0.342 e. The van der Waals surface area contributed by atoms with Crippen molar-refractivity contribution in [1.82, 2.24) is 15.1 Å². The van der Waals surface area contributed by atoms with Crippen molar-refractivity contribution in [3.8, 4) is 0 Å². The Hall–Kier alpha value is -1.65. The minimum absolute atomic E-state index is 0.327. The number of piperidine rings is 1. The van der Waals surface area contributed by atoms with Gasteiger partial charge in [0.25, 0.3) is 0 Å². The number of nitrogens with zero attached hydrogens (tertiary/aromatic N) is 2. The Morgan fingerprint density at radius 2 is 2.00 bits per heavy atom. The van der Waals surface area contributed by atoms with Gasteiger partial charge >= 0.3 is 0 Å². The average molecular weight is 339 g/mol. The first-order valence-electron chi connectivity index (χ1n) is 9.67. The molecule has 2 bridgehead atoms. The predicted octanol–water partition coefficient (Wildman–Crippen LogP) is 2.29. The lowest BCUT2D eigenvalue weighted by atomic mass is 9.95. The van der Waals surface area contributed by atoms with Gasteiger partial charge in [0.1, 0.15) is 0 Å². The molecule has 3 aliphatic rings. The van der Waals surface area contributed by atoms with E-state index in [-0.39, 0.29) is 0 Å². The Bertz CT molecular complexity index is 631. The number of hydrogen-bond donors (Lipinski definition) is 1. The third kappa shape index (κ3) is 3.96. The Morgan fingerprint density at radius 3 is 2.64 bits per heavy atom. The summed E-state index contributed by atoms with van der Waals surface area (Å²) in [7, 11) is 0. The number of piperazine rings is 1. The van der Waals surface area contributed by atoms with Crippen LogP contribution in [0.1, 0.15) is 30.4 Å². The van der Waals surface area contributed by atoms with Crippen LogP contribution in [0.4, 0.5) is 0 Å². The van der Waals surface area contributed by atoms with Crippen molar-refractivity contribution in [2.75, 3.05) is 32.7 Å². The van der Waals surface area contributed by atoms with Gasteiger partial charge in [0.2, 0.25) is 5.91 Å². The van der Waals surface area contributed by atoms with Crippen LogP contribution in [0, 0.1) is 12.8 Å². The van der Waals surface area contributed by atoms with E-state index in [1.165, 1.54) is 17.5 Å². The third-order valence-corrected chi connectivity index (χ3v) is 6.04. The highest BCUT2D eigenvalue weighted by atomic mass is 16.2. The Kier molecular flexibility index (Phi) is 4.91. The zero-order chi connectivity index (χ0) is 17.2. The minimum atomic E-state index is 0.327. The standard InChI is InChI=1S/C21H29N3O/c1-16-2-4-17(5-3-16)6-7-18-8-10-23(11-9-18)21(25)15-24-14-19-12-20(24)13-22-19/h2-7,18-20,22H,8-15H2,1H3/b7-6+. The molecule has 4 nitrogen and oxygen atoms in total. The second-order valence-electron chi connectivity index (χ2n) is 7.91. The van der Waals surface area contributed by atoms with E-state index in [1.54, 1.807) is 0 Å². The molecule has 0 spiro atoms. The van der Waals surface area contributed by atoms with E-state index in [9.17, 15) is 4.79 Å². The molecule has 4 heteroatoms. The van der Waals surface area contributed by atoms with Gasteiger partial charge in [0.05, 0.1) is 6.54 Å². The number of carbonyl (C=O) groups is 1. The summed E-state index contributed by atoms with van der Waals surface area (Å²) >= 11 is 0. The maximum Gasteiger partial charge on any atom is 0.236 e. The second kappa shape index (κ2) is 7.30. The number of rotatable bonds is 4. The molecule has 1 N–H and O–H groups in total. The van der Waals surface area contributed by atoms with Crippen LogP contribution in [0.3, 0.4) is 0 Å². The molecule has 0 aromatic heterocycles. The van der Waals surface area contributed by atoms with Crippen molar-refractivity contribution >= 4 is 12.0 Å². The van der Waals surface area contributed by atoms with Crippen LogP contribution in [0.25, 0.3) is 6.08 Å². The van der Waals surface area contributed by atoms with Gasteiger partial charge in [-0.25, -0.2) is 0 Å². The van der Waals surface area contributed by atoms with E-state index in [0.717, 1.165) is 39.0 Å². The molecular weight excluding hydrogens is 310 g/mol. The number of fused-ring (bicyclic) bond motifs is 2. The average Bonchev–Trinajstić information content (AvgIpc) is 3.25. The molecule has 0 saturated carbocycles. The van der Waals surface area contributed by atoms with Crippen LogP contribution in [0.2, 0.25) is 0 Å². The van der Waals surface area contributed by atoms with Crippen LogP contribution in [0.15, 0.2) is 30.3 Å². The molecule has 1 amide bonds. The van der Waals surface area contributed by atoms with Crippen molar-refractivity contribution in [1.29, 1.82) is 0 Å². The van der Waals surface area contributed by atoms with Gasteiger partial charge in [-0.3, -0.25) is 9.69 Å². The summed E-state index contributed by atoms with van der Waals surface area (Å²) in [6.07, 6.45) is 7.95. The maximum absolute atomic E-state index is 12.6. The molecule has 134 valence electrons. The van der Waals surface area contributed by atoms with Crippen molar-refractivity contribution in [2.24, 2.45) is 5.92 Å². The van der Waals surface area contributed by atoms with Crippen molar-refractivity contribution in [3.63, 3.8) is 0 Å². The Balaban J connectivity index is 1.24. The molecule has 4 rings (SSSR count). The number of allylic oxidation sites excluding steroid dienone is 1. The normalized spacial score (nSPS) is 27.5. The van der Waals surface area contributed by atoms with E-state index < -0.39 is 0 Å². The highest BCUT2D eigenvalue weighted by Gasteiger charge is 2.38. The first-order valence-corrected chi connectivity index (χ1v) is 9.67. The molecule has 3 fully saturated rings. The van der Waals surface area contributed by atoms with Crippen molar-refractivity contribution < 1.29 is 4.79 Å². The minimum Gasteiger partial charge on any atom is -0.342 e. The molecular formula is C21H29N3O. The summed E-state index contributed by atoms with van der Waals surface area (Å²) in [4.78, 5) is 17.1. The summed E-state index contributed by atoms with van der Waals surface area (Å²) in [6.45, 7) is 6.65. The summed E-state index contributed by atoms with van der Waals surface area (Å²) in [5.74, 6) is 0.922. The summed E-state index contributed by atoms with van der Waals surface area (Å²) in [5, 5.41) is 3.50. The van der Waals surface area contributed by atoms with E-state index in [1.807, 2.05) is 0 Å². The highest BCUT2D eigenvalue weighted by molar-refractivity contribution is 5.78.